The van der Waals surface area contributed by atoms with Crippen LogP contribution in [0, 0.1) is 11.7 Å². The highest BCUT2D eigenvalue weighted by molar-refractivity contribution is 5.46. The number of nitrogens with one attached hydrogen (secondary N) is 1. The van der Waals surface area contributed by atoms with Crippen molar-refractivity contribution in [2.24, 2.45) is 5.92 Å². The van der Waals surface area contributed by atoms with E-state index in [-0.39, 0.29) is 5.82 Å². The molecule has 0 atom stereocenters. The zero-order valence-electron chi connectivity index (χ0n) is 13.1. The van der Waals surface area contributed by atoms with Gasteiger partial charge < -0.3 is 15.0 Å². The summed E-state index contributed by atoms with van der Waals surface area (Å²) in [5.74, 6) is 1.33. The topological polar surface area (TPSA) is 37.4 Å². The van der Waals surface area contributed by atoms with E-state index in [0.29, 0.717) is 13.2 Å². The van der Waals surface area contributed by atoms with Gasteiger partial charge in [0.2, 0.25) is 0 Å². The average molecular weight is 295 g/mol. The molecule has 0 unspecified atom stereocenters. The molecule has 2 rings (SSSR count). The fraction of sp³-hybridized carbons (Fsp3) is 0.688. The summed E-state index contributed by atoms with van der Waals surface area (Å²) in [7, 11) is 1.98. The van der Waals surface area contributed by atoms with E-state index in [1.165, 1.54) is 19.0 Å². The lowest BCUT2D eigenvalue weighted by molar-refractivity contribution is 0.130. The molecule has 5 heteroatoms. The van der Waals surface area contributed by atoms with Crippen LogP contribution in [0.3, 0.4) is 0 Å². The second kappa shape index (κ2) is 8.29. The maximum absolute atomic E-state index is 13.4. The molecule has 0 radical (unpaired) electrons. The summed E-state index contributed by atoms with van der Waals surface area (Å²) in [4.78, 5) is 6.28. The number of hydrogen-bond donors (Lipinski definition) is 1. The molecule has 1 aliphatic carbocycles. The van der Waals surface area contributed by atoms with Crippen molar-refractivity contribution < 1.29 is 9.13 Å². The molecule has 4 nitrogen and oxygen atoms in total. The van der Waals surface area contributed by atoms with Crippen LogP contribution in [0.2, 0.25) is 0 Å². The van der Waals surface area contributed by atoms with Gasteiger partial charge in [-0.15, -0.1) is 0 Å². The third kappa shape index (κ3) is 5.59. The van der Waals surface area contributed by atoms with E-state index in [4.69, 9.17) is 4.74 Å². The van der Waals surface area contributed by atoms with Gasteiger partial charge in [-0.25, -0.2) is 9.37 Å². The molecular weight excluding hydrogens is 269 g/mol. The van der Waals surface area contributed by atoms with Gasteiger partial charge in [-0.05, 0) is 37.8 Å². The van der Waals surface area contributed by atoms with Crippen molar-refractivity contribution in [3.05, 3.63) is 23.6 Å². The third-order valence-electron chi connectivity index (χ3n) is 3.63. The highest BCUT2D eigenvalue weighted by atomic mass is 19.1. The molecule has 0 saturated heterocycles. The van der Waals surface area contributed by atoms with E-state index in [1.807, 2.05) is 11.9 Å². The predicted octanol–water partition coefficient (Wildman–Crippen LogP) is 2.58. The maximum atomic E-state index is 13.4. The van der Waals surface area contributed by atoms with Crippen LogP contribution >= 0.6 is 0 Å². The van der Waals surface area contributed by atoms with Crippen molar-refractivity contribution in [2.75, 3.05) is 38.3 Å². The quantitative estimate of drug-likeness (QED) is 0.673. The molecule has 118 valence electrons. The number of ether oxygens (including phenoxy) is 1. The van der Waals surface area contributed by atoms with Crippen molar-refractivity contribution in [3.63, 3.8) is 0 Å². The summed E-state index contributed by atoms with van der Waals surface area (Å²) in [6, 6.07) is 1.56. The number of likely N-dealkylation sites (N-methyl/N-ethyl adjacent to an activating group) is 1. The standard InChI is InChI=1S/C16H26FN3O/c1-3-6-18-10-14-9-15(17)11-19-16(14)20(2)7-8-21-12-13-4-5-13/h9,11,13,18H,3-8,10,12H2,1-2H3. The lowest BCUT2D eigenvalue weighted by atomic mass is 10.2. The maximum Gasteiger partial charge on any atom is 0.141 e. The molecule has 1 saturated carbocycles. The minimum absolute atomic E-state index is 0.287. The van der Waals surface area contributed by atoms with Gasteiger partial charge in [0, 0.05) is 32.3 Å². The first-order valence-corrected chi connectivity index (χ1v) is 7.84. The number of hydrogen-bond acceptors (Lipinski definition) is 4. The van der Waals surface area contributed by atoms with Crippen LogP contribution in [0.15, 0.2) is 12.3 Å². The number of rotatable bonds is 10. The molecule has 1 aliphatic rings. The first kappa shape index (κ1) is 16.2. The van der Waals surface area contributed by atoms with Crippen molar-refractivity contribution in [3.8, 4) is 0 Å². The molecule has 1 aromatic heterocycles. The molecule has 1 heterocycles. The molecule has 1 fully saturated rings. The van der Waals surface area contributed by atoms with Gasteiger partial charge in [-0.3, -0.25) is 0 Å². The van der Waals surface area contributed by atoms with Gasteiger partial charge >= 0.3 is 0 Å². The number of pyridine rings is 1. The van der Waals surface area contributed by atoms with Gasteiger partial charge in [0.05, 0.1) is 12.8 Å². The minimum Gasteiger partial charge on any atom is -0.379 e. The van der Waals surface area contributed by atoms with Gasteiger partial charge in [0.15, 0.2) is 0 Å². The van der Waals surface area contributed by atoms with Crippen LogP contribution in [0.4, 0.5) is 10.2 Å². The summed E-state index contributed by atoms with van der Waals surface area (Å²) < 4.78 is 19.0. The number of aromatic nitrogens is 1. The van der Waals surface area contributed by atoms with E-state index in [0.717, 1.165) is 43.4 Å². The molecule has 1 N–H and O–H groups in total. The van der Waals surface area contributed by atoms with Crippen molar-refractivity contribution >= 4 is 5.82 Å². The Hall–Kier alpha value is -1.20. The number of halogens is 1. The lowest BCUT2D eigenvalue weighted by Gasteiger charge is -2.21. The minimum atomic E-state index is -0.287. The third-order valence-corrected chi connectivity index (χ3v) is 3.63. The summed E-state index contributed by atoms with van der Waals surface area (Å²) >= 11 is 0. The van der Waals surface area contributed by atoms with Gasteiger partial charge in [-0.1, -0.05) is 6.92 Å². The Balaban J connectivity index is 1.85. The van der Waals surface area contributed by atoms with Crippen LogP contribution in [0.25, 0.3) is 0 Å². The zero-order chi connectivity index (χ0) is 15.1. The van der Waals surface area contributed by atoms with Crippen LogP contribution in [0.5, 0.6) is 0 Å². The molecular formula is C16H26FN3O. The summed E-state index contributed by atoms with van der Waals surface area (Å²) in [6.07, 6.45) is 4.95. The smallest absolute Gasteiger partial charge is 0.141 e. The Morgan fingerprint density at radius 2 is 2.29 bits per heavy atom. The highest BCUT2D eigenvalue weighted by Crippen LogP contribution is 2.28. The second-order valence-corrected chi connectivity index (χ2v) is 5.75. The van der Waals surface area contributed by atoms with Crippen LogP contribution in [0.1, 0.15) is 31.7 Å². The second-order valence-electron chi connectivity index (χ2n) is 5.75. The van der Waals surface area contributed by atoms with Gasteiger partial charge in [0.1, 0.15) is 11.6 Å². The Kier molecular flexibility index (Phi) is 6.39. The van der Waals surface area contributed by atoms with E-state index < -0.39 is 0 Å². The zero-order valence-corrected chi connectivity index (χ0v) is 13.1. The predicted molar refractivity (Wildman–Crippen MR) is 83.0 cm³/mol. The molecule has 0 aliphatic heterocycles. The monoisotopic (exact) mass is 295 g/mol. The van der Waals surface area contributed by atoms with Gasteiger partial charge in [-0.2, -0.15) is 0 Å². The van der Waals surface area contributed by atoms with E-state index in [1.54, 1.807) is 6.07 Å². The van der Waals surface area contributed by atoms with Crippen LogP contribution in [-0.4, -0.2) is 38.3 Å². The fourth-order valence-corrected chi connectivity index (χ4v) is 2.19. The van der Waals surface area contributed by atoms with E-state index in [2.05, 4.69) is 17.2 Å². The molecule has 21 heavy (non-hydrogen) atoms. The lowest BCUT2D eigenvalue weighted by Crippen LogP contribution is -2.26. The Bertz CT molecular complexity index is 438. The van der Waals surface area contributed by atoms with Crippen molar-refractivity contribution in [1.82, 2.24) is 10.3 Å². The fourth-order valence-electron chi connectivity index (χ4n) is 2.19. The van der Waals surface area contributed by atoms with E-state index >= 15 is 0 Å². The van der Waals surface area contributed by atoms with Crippen LogP contribution in [-0.2, 0) is 11.3 Å². The Labute approximate surface area is 126 Å². The Morgan fingerprint density at radius 1 is 1.48 bits per heavy atom. The number of anilines is 1. The van der Waals surface area contributed by atoms with Crippen molar-refractivity contribution in [2.45, 2.75) is 32.7 Å². The first-order valence-electron chi connectivity index (χ1n) is 7.84. The SMILES string of the molecule is CCCNCc1cc(F)cnc1N(C)CCOCC1CC1. The molecule has 0 amide bonds. The van der Waals surface area contributed by atoms with Gasteiger partial charge in [0.25, 0.3) is 0 Å². The number of nitrogens with zero attached hydrogens (tertiary/aromatic N) is 2. The highest BCUT2D eigenvalue weighted by Gasteiger charge is 2.21. The van der Waals surface area contributed by atoms with E-state index in [9.17, 15) is 4.39 Å². The summed E-state index contributed by atoms with van der Waals surface area (Å²) in [6.45, 7) is 6.00. The molecule has 0 aromatic carbocycles. The van der Waals surface area contributed by atoms with Crippen molar-refractivity contribution in [1.29, 1.82) is 0 Å². The Morgan fingerprint density at radius 3 is 3.00 bits per heavy atom. The average Bonchev–Trinajstić information content (AvgIpc) is 3.28. The normalized spacial score (nSPS) is 14.4. The first-order chi connectivity index (χ1) is 10.2. The summed E-state index contributed by atoms with van der Waals surface area (Å²) in [5, 5.41) is 3.30. The molecule has 1 aromatic rings. The molecule has 0 bridgehead atoms. The van der Waals surface area contributed by atoms with Crippen LogP contribution < -0.4 is 10.2 Å². The largest absolute Gasteiger partial charge is 0.379 e. The summed E-state index contributed by atoms with van der Waals surface area (Å²) in [5.41, 5.74) is 0.896. The molecule has 0 spiro atoms.